The summed E-state index contributed by atoms with van der Waals surface area (Å²) in [5.41, 5.74) is 2.72. The summed E-state index contributed by atoms with van der Waals surface area (Å²) < 4.78 is 1.50. The number of carbonyl (C=O) groups is 1. The van der Waals surface area contributed by atoms with Crippen LogP contribution in [0.4, 0.5) is 11.4 Å². The Morgan fingerprint density at radius 1 is 1.06 bits per heavy atom. The van der Waals surface area contributed by atoms with Crippen LogP contribution in [0.5, 0.6) is 0 Å². The van der Waals surface area contributed by atoms with E-state index >= 15 is 0 Å². The molecule has 8 nitrogen and oxygen atoms in total. The highest BCUT2D eigenvalue weighted by atomic mass is 32.2. The first-order valence-corrected chi connectivity index (χ1v) is 11.1. The second kappa shape index (κ2) is 9.25. The average molecular weight is 461 g/mol. The van der Waals surface area contributed by atoms with Crippen LogP contribution in [-0.4, -0.2) is 26.1 Å². The highest BCUT2D eigenvalue weighted by molar-refractivity contribution is 7.99. The van der Waals surface area contributed by atoms with Crippen LogP contribution in [0.2, 0.25) is 0 Å². The van der Waals surface area contributed by atoms with Gasteiger partial charge in [-0.25, -0.2) is 4.98 Å². The number of nitrogens with one attached hydrogen (secondary N) is 1. The zero-order chi connectivity index (χ0) is 23.5. The van der Waals surface area contributed by atoms with Crippen LogP contribution in [-0.2, 0) is 4.79 Å². The zero-order valence-electron chi connectivity index (χ0n) is 17.9. The smallest absolute Gasteiger partial charge is 0.274 e. The fraction of sp³-hybridized carbons (Fsp3) is 0.125. The molecule has 0 atom stereocenters. The first-order chi connectivity index (χ1) is 15.8. The van der Waals surface area contributed by atoms with E-state index in [9.17, 15) is 19.7 Å². The number of amides is 1. The van der Waals surface area contributed by atoms with E-state index in [0.29, 0.717) is 33.0 Å². The molecule has 0 aliphatic heterocycles. The maximum absolute atomic E-state index is 13.3. The Morgan fingerprint density at radius 2 is 1.79 bits per heavy atom. The lowest BCUT2D eigenvalue weighted by Crippen LogP contribution is -2.23. The monoisotopic (exact) mass is 460 g/mol. The van der Waals surface area contributed by atoms with E-state index in [1.54, 1.807) is 37.3 Å². The Morgan fingerprint density at radius 3 is 2.52 bits per heavy atom. The van der Waals surface area contributed by atoms with Gasteiger partial charge >= 0.3 is 0 Å². The van der Waals surface area contributed by atoms with Crippen LogP contribution in [0.25, 0.3) is 16.6 Å². The molecular weight excluding hydrogens is 440 g/mol. The van der Waals surface area contributed by atoms with Gasteiger partial charge in [0.15, 0.2) is 5.16 Å². The Labute approximate surface area is 193 Å². The molecule has 0 unspecified atom stereocenters. The van der Waals surface area contributed by atoms with Gasteiger partial charge in [0.05, 0.1) is 38.5 Å². The van der Waals surface area contributed by atoms with Crippen molar-refractivity contribution in [2.75, 3.05) is 11.1 Å². The third kappa shape index (κ3) is 4.63. The summed E-state index contributed by atoms with van der Waals surface area (Å²) in [5, 5.41) is 14.7. The van der Waals surface area contributed by atoms with Crippen molar-refractivity contribution >= 4 is 39.9 Å². The number of anilines is 1. The molecular formula is C24H20N4O4S. The maximum Gasteiger partial charge on any atom is 0.274 e. The summed E-state index contributed by atoms with van der Waals surface area (Å²) in [6.07, 6.45) is 0. The summed E-state index contributed by atoms with van der Waals surface area (Å²) in [6.45, 7) is 3.54. The van der Waals surface area contributed by atoms with Crippen LogP contribution < -0.4 is 10.9 Å². The molecule has 1 amide bonds. The van der Waals surface area contributed by atoms with Gasteiger partial charge in [0.2, 0.25) is 5.91 Å². The van der Waals surface area contributed by atoms with Crippen molar-refractivity contribution in [1.82, 2.24) is 9.55 Å². The number of aryl methyl sites for hydroxylation is 1. The Bertz CT molecular complexity index is 1430. The van der Waals surface area contributed by atoms with Crippen molar-refractivity contribution in [2.45, 2.75) is 19.0 Å². The number of thioether (sulfide) groups is 1. The summed E-state index contributed by atoms with van der Waals surface area (Å²) in [4.78, 5) is 41.2. The number of aromatic nitrogens is 2. The quantitative estimate of drug-likeness (QED) is 0.194. The van der Waals surface area contributed by atoms with Gasteiger partial charge in [0.25, 0.3) is 11.2 Å². The fourth-order valence-corrected chi connectivity index (χ4v) is 4.22. The molecule has 1 aromatic heterocycles. The third-order valence-corrected chi connectivity index (χ3v) is 6.08. The van der Waals surface area contributed by atoms with E-state index < -0.39 is 4.92 Å². The van der Waals surface area contributed by atoms with Gasteiger partial charge in [-0.3, -0.25) is 24.3 Å². The number of hydrogen-bond donors (Lipinski definition) is 1. The number of nitrogens with zero attached hydrogens (tertiary/aromatic N) is 3. The lowest BCUT2D eigenvalue weighted by Gasteiger charge is -2.14. The average Bonchev–Trinajstić information content (AvgIpc) is 2.80. The van der Waals surface area contributed by atoms with Crippen LogP contribution >= 0.6 is 11.8 Å². The number of benzene rings is 3. The zero-order valence-corrected chi connectivity index (χ0v) is 18.8. The number of para-hydroxylation sites is 1. The summed E-state index contributed by atoms with van der Waals surface area (Å²) in [5.74, 6) is -0.389. The lowest BCUT2D eigenvalue weighted by molar-refractivity contribution is -0.385. The van der Waals surface area contributed by atoms with Crippen LogP contribution in [0.3, 0.4) is 0 Å². The molecule has 0 spiro atoms. The van der Waals surface area contributed by atoms with Crippen molar-refractivity contribution in [3.8, 4) is 5.69 Å². The van der Waals surface area contributed by atoms with Crippen LogP contribution in [0.15, 0.2) is 76.7 Å². The van der Waals surface area contributed by atoms with Gasteiger partial charge in [-0.05, 0) is 44.2 Å². The first-order valence-electron chi connectivity index (χ1n) is 10.1. The second-order valence-corrected chi connectivity index (χ2v) is 8.37. The van der Waals surface area contributed by atoms with Crippen molar-refractivity contribution in [2.24, 2.45) is 0 Å². The van der Waals surface area contributed by atoms with Crippen LogP contribution in [0, 0.1) is 24.0 Å². The molecule has 1 heterocycles. The van der Waals surface area contributed by atoms with E-state index in [1.807, 2.05) is 31.2 Å². The Kier molecular flexibility index (Phi) is 6.23. The Hall–Kier alpha value is -3.98. The van der Waals surface area contributed by atoms with E-state index in [4.69, 9.17) is 0 Å². The Balaban J connectivity index is 1.65. The molecule has 3 aromatic carbocycles. The van der Waals surface area contributed by atoms with Gasteiger partial charge < -0.3 is 5.32 Å². The van der Waals surface area contributed by atoms with Gasteiger partial charge in [-0.2, -0.15) is 0 Å². The minimum absolute atomic E-state index is 0.0290. The standard InChI is InChI=1S/C24H20N4O4S/c1-15-10-12-17(13-11-15)27-23(30)18-6-3-4-7-20(18)26-24(27)33-14-22(29)25-19-8-5-9-21(16(19)2)28(31)32/h3-13H,14H2,1-2H3,(H,25,29). The predicted octanol–water partition coefficient (Wildman–Crippen LogP) is 4.64. The molecule has 9 heteroatoms. The highest BCUT2D eigenvalue weighted by Gasteiger charge is 2.17. The number of nitro benzene ring substituents is 1. The molecule has 1 N–H and O–H groups in total. The third-order valence-electron chi connectivity index (χ3n) is 5.15. The highest BCUT2D eigenvalue weighted by Crippen LogP contribution is 2.26. The number of rotatable bonds is 6. The largest absolute Gasteiger partial charge is 0.325 e. The second-order valence-electron chi connectivity index (χ2n) is 7.43. The number of hydrogen-bond acceptors (Lipinski definition) is 6. The van der Waals surface area contributed by atoms with E-state index in [0.717, 1.165) is 17.3 Å². The molecule has 0 radical (unpaired) electrons. The number of carbonyl (C=O) groups excluding carboxylic acids is 1. The number of nitro groups is 1. The molecule has 33 heavy (non-hydrogen) atoms. The molecule has 0 aliphatic carbocycles. The molecule has 0 fully saturated rings. The van der Waals surface area contributed by atoms with Crippen molar-refractivity contribution in [1.29, 1.82) is 0 Å². The van der Waals surface area contributed by atoms with Gasteiger partial charge in [0, 0.05) is 6.07 Å². The molecule has 166 valence electrons. The van der Waals surface area contributed by atoms with Gasteiger partial charge in [0.1, 0.15) is 0 Å². The summed E-state index contributed by atoms with van der Waals surface area (Å²) >= 11 is 1.12. The molecule has 0 bridgehead atoms. The minimum atomic E-state index is -0.487. The maximum atomic E-state index is 13.3. The van der Waals surface area contributed by atoms with Gasteiger partial charge in [-0.15, -0.1) is 0 Å². The van der Waals surface area contributed by atoms with E-state index in [-0.39, 0.29) is 22.9 Å². The van der Waals surface area contributed by atoms with Crippen molar-refractivity contribution < 1.29 is 9.72 Å². The lowest BCUT2D eigenvalue weighted by atomic mass is 10.1. The number of fused-ring (bicyclic) bond motifs is 1. The molecule has 4 rings (SSSR count). The van der Waals surface area contributed by atoms with Gasteiger partial charge in [-0.1, -0.05) is 47.7 Å². The van der Waals surface area contributed by atoms with Crippen LogP contribution in [0.1, 0.15) is 11.1 Å². The molecule has 4 aromatic rings. The SMILES string of the molecule is Cc1ccc(-n2c(SCC(=O)Nc3cccc([N+](=O)[O-])c3C)nc3ccccc3c2=O)cc1. The van der Waals surface area contributed by atoms with Crippen molar-refractivity contribution in [3.05, 3.63) is 98.3 Å². The molecule has 0 saturated heterocycles. The minimum Gasteiger partial charge on any atom is -0.325 e. The fourth-order valence-electron chi connectivity index (χ4n) is 3.40. The first kappa shape index (κ1) is 22.2. The normalized spacial score (nSPS) is 10.8. The predicted molar refractivity (Wildman–Crippen MR) is 129 cm³/mol. The molecule has 0 aliphatic rings. The summed E-state index contributed by atoms with van der Waals surface area (Å²) in [6, 6.07) is 19.1. The molecule has 0 saturated carbocycles. The topological polar surface area (TPSA) is 107 Å². The van der Waals surface area contributed by atoms with E-state index in [1.165, 1.54) is 16.7 Å². The summed E-state index contributed by atoms with van der Waals surface area (Å²) in [7, 11) is 0. The van der Waals surface area contributed by atoms with Crippen molar-refractivity contribution in [3.63, 3.8) is 0 Å². The van der Waals surface area contributed by atoms with E-state index in [2.05, 4.69) is 10.3 Å².